The Morgan fingerprint density at radius 2 is 1.88 bits per heavy atom. The highest BCUT2D eigenvalue weighted by atomic mass is 15.4. The SMILES string of the molecule is Cc1c(C2CC3C(NN2)[C@@]2(C)CC[C@H]3C2(C)C)cnn1-c1ccccc1. The van der Waals surface area contributed by atoms with Gasteiger partial charge in [0.25, 0.3) is 0 Å². The van der Waals surface area contributed by atoms with Crippen LogP contribution in [0.2, 0.25) is 0 Å². The first-order valence-electron chi connectivity index (χ1n) is 10.0. The molecule has 1 saturated heterocycles. The minimum Gasteiger partial charge on any atom is -0.253 e. The van der Waals surface area contributed by atoms with Gasteiger partial charge in [-0.05, 0) is 61.0 Å². The van der Waals surface area contributed by atoms with Gasteiger partial charge in [0.05, 0.1) is 11.9 Å². The van der Waals surface area contributed by atoms with Crippen LogP contribution in [-0.2, 0) is 0 Å². The zero-order valence-electron chi connectivity index (χ0n) is 16.3. The van der Waals surface area contributed by atoms with E-state index < -0.39 is 0 Å². The molecule has 5 atom stereocenters. The van der Waals surface area contributed by atoms with Crippen LogP contribution in [0.15, 0.2) is 36.5 Å². The number of fused-ring (bicyclic) bond motifs is 5. The van der Waals surface area contributed by atoms with E-state index in [0.717, 1.165) is 17.5 Å². The molecule has 3 unspecified atom stereocenters. The summed E-state index contributed by atoms with van der Waals surface area (Å²) in [6, 6.07) is 11.4. The van der Waals surface area contributed by atoms with Crippen molar-refractivity contribution in [2.24, 2.45) is 22.7 Å². The molecule has 26 heavy (non-hydrogen) atoms. The van der Waals surface area contributed by atoms with Gasteiger partial charge in [-0.3, -0.25) is 5.43 Å². The largest absolute Gasteiger partial charge is 0.253 e. The molecule has 2 N–H and O–H groups in total. The molecule has 4 nitrogen and oxygen atoms in total. The average molecular weight is 351 g/mol. The molecule has 5 rings (SSSR count). The number of nitrogens with zero attached hydrogens (tertiary/aromatic N) is 2. The monoisotopic (exact) mass is 350 g/mol. The topological polar surface area (TPSA) is 41.9 Å². The van der Waals surface area contributed by atoms with Crippen LogP contribution in [0.4, 0.5) is 0 Å². The fourth-order valence-electron chi connectivity index (χ4n) is 6.46. The van der Waals surface area contributed by atoms with Gasteiger partial charge in [-0.2, -0.15) is 5.10 Å². The number of para-hydroxylation sites is 1. The molecule has 0 amide bonds. The van der Waals surface area contributed by atoms with Crippen LogP contribution in [0.3, 0.4) is 0 Å². The maximum atomic E-state index is 4.69. The summed E-state index contributed by atoms with van der Waals surface area (Å²) in [7, 11) is 0. The summed E-state index contributed by atoms with van der Waals surface area (Å²) in [4.78, 5) is 0. The first kappa shape index (κ1) is 16.5. The Balaban J connectivity index is 1.44. The van der Waals surface area contributed by atoms with Crippen LogP contribution in [-0.4, -0.2) is 15.8 Å². The minimum atomic E-state index is 0.340. The molecular formula is C22H30N4. The Morgan fingerprint density at radius 1 is 1.12 bits per heavy atom. The molecule has 3 aliphatic rings. The molecule has 4 heteroatoms. The third-order valence-corrected chi connectivity index (χ3v) is 8.35. The number of hydrogen-bond acceptors (Lipinski definition) is 3. The number of rotatable bonds is 2. The summed E-state index contributed by atoms with van der Waals surface area (Å²) in [5, 5.41) is 4.69. The minimum absolute atomic E-state index is 0.340. The van der Waals surface area contributed by atoms with E-state index in [-0.39, 0.29) is 0 Å². The maximum Gasteiger partial charge on any atom is 0.0648 e. The standard InChI is InChI=1S/C22H30N4/c1-14-17(13-23-26(14)15-8-6-5-7-9-15)19-12-16-18-10-11-22(4,21(18,2)3)20(16)25-24-19/h5-9,13,16,18-20,24-25H,10-12H2,1-4H3/t16?,18-,19?,20?,22-/m1/s1. The Bertz CT molecular complexity index is 824. The third kappa shape index (κ3) is 2.00. The van der Waals surface area contributed by atoms with E-state index in [1.165, 1.54) is 30.5 Å². The summed E-state index contributed by atoms with van der Waals surface area (Å²) < 4.78 is 2.06. The lowest BCUT2D eigenvalue weighted by atomic mass is 9.69. The Hall–Kier alpha value is -1.65. The zero-order valence-corrected chi connectivity index (χ0v) is 16.3. The number of hydrogen-bond donors (Lipinski definition) is 2. The van der Waals surface area contributed by atoms with E-state index in [4.69, 9.17) is 0 Å². The van der Waals surface area contributed by atoms with Crippen molar-refractivity contribution < 1.29 is 0 Å². The molecule has 3 fully saturated rings. The number of nitrogens with one attached hydrogen (secondary N) is 2. The molecule has 1 aromatic carbocycles. The smallest absolute Gasteiger partial charge is 0.0648 e. The first-order valence-corrected chi connectivity index (χ1v) is 10.0. The van der Waals surface area contributed by atoms with Gasteiger partial charge >= 0.3 is 0 Å². The van der Waals surface area contributed by atoms with Crippen LogP contribution in [0.5, 0.6) is 0 Å². The Kier molecular flexibility index (Phi) is 3.45. The van der Waals surface area contributed by atoms with E-state index >= 15 is 0 Å². The van der Waals surface area contributed by atoms with Gasteiger partial charge < -0.3 is 0 Å². The molecule has 138 valence electrons. The second-order valence-corrected chi connectivity index (χ2v) is 9.44. The molecule has 1 aliphatic heterocycles. The first-order chi connectivity index (χ1) is 12.4. The number of benzene rings is 1. The highest BCUT2D eigenvalue weighted by Crippen LogP contribution is 2.69. The summed E-state index contributed by atoms with van der Waals surface area (Å²) in [5.41, 5.74) is 11.9. The summed E-state index contributed by atoms with van der Waals surface area (Å²) in [6.45, 7) is 9.69. The second-order valence-electron chi connectivity index (χ2n) is 9.44. The van der Waals surface area contributed by atoms with Gasteiger partial charge in [-0.25, -0.2) is 10.1 Å². The summed E-state index contributed by atoms with van der Waals surface area (Å²) in [6.07, 6.45) is 6.02. The van der Waals surface area contributed by atoms with Gasteiger partial charge in [0, 0.05) is 23.3 Å². The average Bonchev–Trinajstić information content (AvgIpc) is 3.19. The van der Waals surface area contributed by atoms with Crippen molar-refractivity contribution in [3.05, 3.63) is 47.8 Å². The molecule has 2 saturated carbocycles. The van der Waals surface area contributed by atoms with Crippen molar-refractivity contribution >= 4 is 0 Å². The molecule has 2 heterocycles. The van der Waals surface area contributed by atoms with Gasteiger partial charge in [-0.1, -0.05) is 39.0 Å². The van der Waals surface area contributed by atoms with E-state index in [1.54, 1.807) is 0 Å². The molecule has 2 aliphatic carbocycles. The summed E-state index contributed by atoms with van der Waals surface area (Å²) >= 11 is 0. The van der Waals surface area contributed by atoms with Crippen LogP contribution in [0.1, 0.15) is 57.3 Å². The molecule has 0 spiro atoms. The quantitative estimate of drug-likeness (QED) is 0.854. The summed E-state index contributed by atoms with van der Waals surface area (Å²) in [5.74, 6) is 1.59. The Morgan fingerprint density at radius 3 is 2.65 bits per heavy atom. The van der Waals surface area contributed by atoms with Crippen molar-refractivity contribution in [2.45, 2.75) is 59.0 Å². The Labute approximate surface area is 156 Å². The maximum absolute atomic E-state index is 4.69. The van der Waals surface area contributed by atoms with Crippen molar-refractivity contribution in [2.75, 3.05) is 0 Å². The van der Waals surface area contributed by atoms with E-state index in [9.17, 15) is 0 Å². The van der Waals surface area contributed by atoms with E-state index in [1.807, 2.05) is 6.07 Å². The lowest BCUT2D eigenvalue weighted by molar-refractivity contribution is 0.0804. The second kappa shape index (κ2) is 5.43. The van der Waals surface area contributed by atoms with Crippen molar-refractivity contribution in [3.8, 4) is 5.69 Å². The normalized spacial score (nSPS) is 37.7. The van der Waals surface area contributed by atoms with Gasteiger partial charge in [0.15, 0.2) is 0 Å². The van der Waals surface area contributed by atoms with Crippen molar-refractivity contribution in [1.29, 1.82) is 0 Å². The molecule has 2 aromatic rings. The van der Waals surface area contributed by atoms with Gasteiger partial charge in [0.2, 0.25) is 0 Å². The molecular weight excluding hydrogens is 320 g/mol. The molecule has 0 radical (unpaired) electrons. The fraction of sp³-hybridized carbons (Fsp3) is 0.591. The van der Waals surface area contributed by atoms with E-state index in [0.29, 0.717) is 22.9 Å². The van der Waals surface area contributed by atoms with Gasteiger partial charge in [0.1, 0.15) is 0 Å². The number of hydrazine groups is 1. The lowest BCUT2D eigenvalue weighted by Gasteiger charge is -2.45. The third-order valence-electron chi connectivity index (χ3n) is 8.35. The van der Waals surface area contributed by atoms with E-state index in [2.05, 4.69) is 78.8 Å². The van der Waals surface area contributed by atoms with Crippen molar-refractivity contribution in [3.63, 3.8) is 0 Å². The van der Waals surface area contributed by atoms with Crippen LogP contribution in [0.25, 0.3) is 5.69 Å². The van der Waals surface area contributed by atoms with Crippen LogP contribution < -0.4 is 10.9 Å². The van der Waals surface area contributed by atoms with Crippen LogP contribution in [0, 0.1) is 29.6 Å². The fourth-order valence-corrected chi connectivity index (χ4v) is 6.46. The van der Waals surface area contributed by atoms with Gasteiger partial charge in [-0.15, -0.1) is 0 Å². The van der Waals surface area contributed by atoms with Crippen molar-refractivity contribution in [1.82, 2.24) is 20.6 Å². The predicted molar refractivity (Wildman–Crippen MR) is 104 cm³/mol. The highest BCUT2D eigenvalue weighted by Gasteiger charge is 2.66. The lowest BCUT2D eigenvalue weighted by Crippen LogP contribution is -2.58. The zero-order chi connectivity index (χ0) is 18.1. The predicted octanol–water partition coefficient (Wildman–Crippen LogP) is 4.16. The highest BCUT2D eigenvalue weighted by molar-refractivity contribution is 5.36. The molecule has 1 aromatic heterocycles. The van der Waals surface area contributed by atoms with Crippen LogP contribution >= 0.6 is 0 Å². The number of aromatic nitrogens is 2. The molecule has 2 bridgehead atoms.